The maximum atomic E-state index is 12.9. The fourth-order valence-electron chi connectivity index (χ4n) is 3.46. The number of aromatic nitrogens is 2. The van der Waals surface area contributed by atoms with Gasteiger partial charge in [0.05, 0.1) is 12.0 Å². The van der Waals surface area contributed by atoms with Crippen LogP contribution in [0.25, 0.3) is 0 Å². The fourth-order valence-corrected chi connectivity index (χ4v) is 5.01. The molecule has 8 nitrogen and oxygen atoms in total. The van der Waals surface area contributed by atoms with E-state index in [1.165, 1.54) is 16.4 Å². The first-order valence-corrected chi connectivity index (χ1v) is 11.9. The first kappa shape index (κ1) is 22.3. The number of sulfonamides is 1. The zero-order chi connectivity index (χ0) is 22.7. The van der Waals surface area contributed by atoms with Crippen molar-refractivity contribution in [2.45, 2.75) is 11.8 Å². The SMILES string of the molecule is COc1ccc(Nc2cc(C)nc(N3CCN(S(=O)(=O)c4ccc(Cl)cc4)CC3)n2)cc1. The minimum absolute atomic E-state index is 0.244. The van der Waals surface area contributed by atoms with E-state index in [0.717, 1.165) is 17.1 Å². The summed E-state index contributed by atoms with van der Waals surface area (Å²) in [6.45, 7) is 3.61. The molecule has 0 aliphatic carbocycles. The van der Waals surface area contributed by atoms with E-state index in [-0.39, 0.29) is 4.90 Å². The van der Waals surface area contributed by atoms with Crippen LogP contribution < -0.4 is 15.0 Å². The van der Waals surface area contributed by atoms with Crippen molar-refractivity contribution in [2.24, 2.45) is 0 Å². The lowest BCUT2D eigenvalue weighted by atomic mass is 10.3. The van der Waals surface area contributed by atoms with Gasteiger partial charge in [0.1, 0.15) is 11.6 Å². The summed E-state index contributed by atoms with van der Waals surface area (Å²) in [5.41, 5.74) is 1.70. The number of aryl methyl sites for hydroxylation is 1. The second-order valence-electron chi connectivity index (χ2n) is 7.39. The average Bonchev–Trinajstić information content (AvgIpc) is 2.79. The van der Waals surface area contributed by atoms with Crippen molar-refractivity contribution < 1.29 is 13.2 Å². The van der Waals surface area contributed by atoms with Crippen LogP contribution >= 0.6 is 11.6 Å². The topological polar surface area (TPSA) is 87.7 Å². The molecule has 0 unspecified atom stereocenters. The van der Waals surface area contributed by atoms with Crippen LogP contribution in [-0.4, -0.2) is 56.0 Å². The Labute approximate surface area is 192 Å². The molecule has 1 aliphatic rings. The Bertz CT molecular complexity index is 1180. The van der Waals surface area contributed by atoms with Crippen molar-refractivity contribution in [2.75, 3.05) is 43.5 Å². The molecule has 0 amide bonds. The third-order valence-corrected chi connectivity index (χ3v) is 7.34. The highest BCUT2D eigenvalue weighted by molar-refractivity contribution is 7.89. The summed E-state index contributed by atoms with van der Waals surface area (Å²) in [5, 5.41) is 3.79. The van der Waals surface area contributed by atoms with Gasteiger partial charge in [0.2, 0.25) is 16.0 Å². The number of ether oxygens (including phenoxy) is 1. The molecule has 0 bridgehead atoms. The summed E-state index contributed by atoms with van der Waals surface area (Å²) in [6.07, 6.45) is 0. The van der Waals surface area contributed by atoms with Gasteiger partial charge in [0.15, 0.2) is 0 Å². The van der Waals surface area contributed by atoms with Crippen molar-refractivity contribution in [3.05, 3.63) is 65.3 Å². The van der Waals surface area contributed by atoms with Crippen molar-refractivity contribution in [1.82, 2.24) is 14.3 Å². The molecular weight excluding hydrogens is 450 g/mol. The first-order chi connectivity index (χ1) is 15.3. The number of piperazine rings is 1. The van der Waals surface area contributed by atoms with Crippen LogP contribution in [-0.2, 0) is 10.0 Å². The largest absolute Gasteiger partial charge is 0.497 e. The number of methoxy groups -OCH3 is 1. The minimum Gasteiger partial charge on any atom is -0.497 e. The number of halogens is 1. The average molecular weight is 474 g/mol. The van der Waals surface area contributed by atoms with E-state index in [1.54, 1.807) is 19.2 Å². The molecule has 0 radical (unpaired) electrons. The van der Waals surface area contributed by atoms with Crippen LogP contribution in [0.2, 0.25) is 5.02 Å². The molecule has 0 saturated carbocycles. The highest BCUT2D eigenvalue weighted by Gasteiger charge is 2.29. The molecule has 0 atom stereocenters. The normalized spacial score (nSPS) is 14.9. The van der Waals surface area contributed by atoms with Gasteiger partial charge >= 0.3 is 0 Å². The Morgan fingerprint density at radius 3 is 2.25 bits per heavy atom. The van der Waals surface area contributed by atoms with Crippen LogP contribution in [0.5, 0.6) is 5.75 Å². The number of hydrogen-bond acceptors (Lipinski definition) is 7. The van der Waals surface area contributed by atoms with Crippen LogP contribution in [0.1, 0.15) is 5.69 Å². The zero-order valence-electron chi connectivity index (χ0n) is 17.8. The maximum absolute atomic E-state index is 12.9. The summed E-state index contributed by atoms with van der Waals surface area (Å²) in [6, 6.07) is 15.7. The Hall–Kier alpha value is -2.88. The van der Waals surface area contributed by atoms with E-state index in [0.29, 0.717) is 43.0 Å². The molecule has 2 aromatic carbocycles. The Balaban J connectivity index is 1.45. The molecule has 1 N–H and O–H groups in total. The van der Waals surface area contributed by atoms with E-state index in [4.69, 9.17) is 16.3 Å². The highest BCUT2D eigenvalue weighted by Crippen LogP contribution is 2.24. The molecule has 4 rings (SSSR count). The molecule has 32 heavy (non-hydrogen) atoms. The minimum atomic E-state index is -3.56. The van der Waals surface area contributed by atoms with E-state index in [2.05, 4.69) is 15.3 Å². The molecule has 1 aromatic heterocycles. The smallest absolute Gasteiger partial charge is 0.243 e. The number of nitrogens with zero attached hydrogens (tertiary/aromatic N) is 4. The molecule has 10 heteroatoms. The van der Waals surface area contributed by atoms with Gasteiger partial charge in [-0.05, 0) is 55.5 Å². The molecule has 1 aliphatic heterocycles. The molecule has 0 spiro atoms. The second-order valence-corrected chi connectivity index (χ2v) is 9.77. The number of hydrogen-bond donors (Lipinski definition) is 1. The highest BCUT2D eigenvalue weighted by atomic mass is 35.5. The van der Waals surface area contributed by atoms with Gasteiger partial charge < -0.3 is 15.0 Å². The zero-order valence-corrected chi connectivity index (χ0v) is 19.4. The van der Waals surface area contributed by atoms with Gasteiger partial charge in [-0.1, -0.05) is 11.6 Å². The van der Waals surface area contributed by atoms with E-state index in [1.807, 2.05) is 42.2 Å². The van der Waals surface area contributed by atoms with Gasteiger partial charge in [-0.25, -0.2) is 13.4 Å². The van der Waals surface area contributed by atoms with Gasteiger partial charge in [0.25, 0.3) is 0 Å². The van der Waals surface area contributed by atoms with Gasteiger partial charge in [-0.15, -0.1) is 0 Å². The van der Waals surface area contributed by atoms with Crippen molar-refractivity contribution in [1.29, 1.82) is 0 Å². The third-order valence-electron chi connectivity index (χ3n) is 5.18. The van der Waals surface area contributed by atoms with Crippen LogP contribution in [0, 0.1) is 6.92 Å². The summed E-state index contributed by atoms with van der Waals surface area (Å²) < 4.78 is 32.5. The summed E-state index contributed by atoms with van der Waals surface area (Å²) in [7, 11) is -1.93. The van der Waals surface area contributed by atoms with Crippen molar-refractivity contribution in [3.8, 4) is 5.75 Å². The molecule has 168 valence electrons. The summed E-state index contributed by atoms with van der Waals surface area (Å²) in [5.74, 6) is 2.03. The summed E-state index contributed by atoms with van der Waals surface area (Å²) >= 11 is 5.88. The quantitative estimate of drug-likeness (QED) is 0.584. The second kappa shape index (κ2) is 9.32. The number of rotatable bonds is 6. The van der Waals surface area contributed by atoms with Gasteiger partial charge in [-0.2, -0.15) is 9.29 Å². The van der Waals surface area contributed by atoms with Crippen LogP contribution in [0.15, 0.2) is 59.5 Å². The Morgan fingerprint density at radius 2 is 1.62 bits per heavy atom. The standard InChI is InChI=1S/C22H24ClN5O3S/c1-16-15-21(25-18-5-7-19(31-2)8-6-18)26-22(24-16)27-11-13-28(14-12-27)32(29,30)20-9-3-17(23)4-10-20/h3-10,15H,11-14H2,1-2H3,(H,24,25,26). The fraction of sp³-hybridized carbons (Fsp3) is 0.273. The maximum Gasteiger partial charge on any atom is 0.243 e. The molecule has 1 fully saturated rings. The van der Waals surface area contributed by atoms with Crippen LogP contribution in [0.3, 0.4) is 0 Å². The number of benzene rings is 2. The molecule has 3 aromatic rings. The third kappa shape index (κ3) is 4.95. The first-order valence-electron chi connectivity index (χ1n) is 10.1. The monoisotopic (exact) mass is 473 g/mol. The lowest BCUT2D eigenvalue weighted by molar-refractivity contribution is 0.382. The molecular formula is C22H24ClN5O3S. The predicted molar refractivity (Wildman–Crippen MR) is 125 cm³/mol. The Morgan fingerprint density at radius 1 is 0.969 bits per heavy atom. The van der Waals surface area contributed by atoms with Crippen molar-refractivity contribution >= 4 is 39.1 Å². The van der Waals surface area contributed by atoms with Crippen molar-refractivity contribution in [3.63, 3.8) is 0 Å². The summed E-state index contributed by atoms with van der Waals surface area (Å²) in [4.78, 5) is 11.4. The van der Waals surface area contributed by atoms with E-state index >= 15 is 0 Å². The molecule has 1 saturated heterocycles. The van der Waals surface area contributed by atoms with Gasteiger partial charge in [-0.3, -0.25) is 0 Å². The number of nitrogens with one attached hydrogen (secondary N) is 1. The van der Waals surface area contributed by atoms with E-state index in [9.17, 15) is 8.42 Å². The van der Waals surface area contributed by atoms with Crippen LogP contribution in [0.4, 0.5) is 17.5 Å². The molecule has 2 heterocycles. The van der Waals surface area contributed by atoms with E-state index < -0.39 is 10.0 Å². The van der Waals surface area contributed by atoms with Gasteiger partial charge in [0, 0.05) is 48.6 Å². The lowest BCUT2D eigenvalue weighted by Gasteiger charge is -2.34. The Kier molecular flexibility index (Phi) is 6.50. The predicted octanol–water partition coefficient (Wildman–Crippen LogP) is 3.70. The lowest BCUT2D eigenvalue weighted by Crippen LogP contribution is -2.49. The number of anilines is 3.